The molecule has 0 saturated carbocycles. The van der Waals surface area contributed by atoms with Gasteiger partial charge in [-0.25, -0.2) is 0 Å². The third kappa shape index (κ3) is 4.56. The Balaban J connectivity index is 2.98. The van der Waals surface area contributed by atoms with E-state index >= 15 is 0 Å². The highest BCUT2D eigenvalue weighted by atomic mass is 16.5. The van der Waals surface area contributed by atoms with Crippen LogP contribution in [0.25, 0.3) is 0 Å². The molecule has 0 aliphatic heterocycles. The van der Waals surface area contributed by atoms with Crippen LogP contribution >= 0.6 is 0 Å². The van der Waals surface area contributed by atoms with Crippen molar-refractivity contribution in [3.8, 4) is 0 Å². The van der Waals surface area contributed by atoms with Crippen LogP contribution in [0.2, 0.25) is 0 Å². The fourth-order valence-corrected chi connectivity index (χ4v) is 2.42. The molecule has 0 radical (unpaired) electrons. The molecule has 108 valence electrons. The second-order valence-electron chi connectivity index (χ2n) is 5.07. The molecule has 4 heteroatoms. The molecule has 19 heavy (non-hydrogen) atoms. The Hall–Kier alpha value is -0.970. The van der Waals surface area contributed by atoms with Crippen LogP contribution in [-0.2, 0) is 4.74 Å². The zero-order valence-corrected chi connectivity index (χ0v) is 12.5. The lowest BCUT2D eigenvalue weighted by molar-refractivity contribution is 0.0786. The first-order valence-corrected chi connectivity index (χ1v) is 7.02. The summed E-state index contributed by atoms with van der Waals surface area (Å²) in [5.41, 5.74) is 7.45. The van der Waals surface area contributed by atoms with Gasteiger partial charge in [-0.3, -0.25) is 9.88 Å². The van der Waals surface area contributed by atoms with Gasteiger partial charge in [0.05, 0.1) is 12.6 Å². The number of ether oxygens (including phenoxy) is 1. The highest BCUT2D eigenvalue weighted by Crippen LogP contribution is 2.26. The fourth-order valence-electron chi connectivity index (χ4n) is 2.42. The Morgan fingerprint density at radius 1 is 1.32 bits per heavy atom. The number of aromatic nitrogens is 1. The highest BCUT2D eigenvalue weighted by Gasteiger charge is 2.26. The molecule has 3 atom stereocenters. The van der Waals surface area contributed by atoms with Crippen molar-refractivity contribution >= 4 is 0 Å². The van der Waals surface area contributed by atoms with E-state index in [9.17, 15) is 0 Å². The molecule has 1 aromatic rings. The van der Waals surface area contributed by atoms with E-state index in [1.165, 1.54) is 5.56 Å². The van der Waals surface area contributed by atoms with Gasteiger partial charge in [0.25, 0.3) is 0 Å². The summed E-state index contributed by atoms with van der Waals surface area (Å²) in [6.45, 7) is 8.12. The molecule has 0 aliphatic rings. The summed E-state index contributed by atoms with van der Waals surface area (Å²) < 4.78 is 5.24. The van der Waals surface area contributed by atoms with Crippen molar-refractivity contribution in [1.29, 1.82) is 0 Å². The van der Waals surface area contributed by atoms with E-state index < -0.39 is 0 Å². The number of nitrogens with two attached hydrogens (primary N) is 1. The zero-order valence-electron chi connectivity index (χ0n) is 12.5. The molecule has 0 aromatic carbocycles. The minimum Gasteiger partial charge on any atom is -0.383 e. The van der Waals surface area contributed by atoms with Crippen LogP contribution in [0.5, 0.6) is 0 Å². The molecule has 0 aliphatic carbocycles. The van der Waals surface area contributed by atoms with Gasteiger partial charge < -0.3 is 10.5 Å². The average Bonchev–Trinajstić information content (AvgIpc) is 2.43. The summed E-state index contributed by atoms with van der Waals surface area (Å²) in [6.07, 6.45) is 4.75. The quantitative estimate of drug-likeness (QED) is 0.783. The van der Waals surface area contributed by atoms with Gasteiger partial charge in [-0.2, -0.15) is 0 Å². The monoisotopic (exact) mass is 265 g/mol. The smallest absolute Gasteiger partial charge is 0.0590 e. The molecular weight excluding hydrogens is 238 g/mol. The largest absolute Gasteiger partial charge is 0.383 e. The van der Waals surface area contributed by atoms with Gasteiger partial charge in [0.2, 0.25) is 0 Å². The van der Waals surface area contributed by atoms with E-state index in [0.717, 1.165) is 19.6 Å². The van der Waals surface area contributed by atoms with Crippen LogP contribution in [0, 0.1) is 0 Å². The van der Waals surface area contributed by atoms with E-state index in [1.54, 1.807) is 7.11 Å². The Bertz CT molecular complexity index is 343. The molecular formula is C15H27N3O. The topological polar surface area (TPSA) is 51.4 Å². The maximum Gasteiger partial charge on any atom is 0.0590 e. The third-order valence-corrected chi connectivity index (χ3v) is 3.61. The van der Waals surface area contributed by atoms with Gasteiger partial charge in [0.1, 0.15) is 0 Å². The molecule has 0 bridgehead atoms. The Morgan fingerprint density at radius 2 is 1.95 bits per heavy atom. The van der Waals surface area contributed by atoms with Gasteiger partial charge in [-0.1, -0.05) is 6.92 Å². The van der Waals surface area contributed by atoms with Crippen LogP contribution in [-0.4, -0.2) is 42.2 Å². The van der Waals surface area contributed by atoms with E-state index in [1.807, 2.05) is 12.4 Å². The van der Waals surface area contributed by atoms with E-state index in [4.69, 9.17) is 10.5 Å². The van der Waals surface area contributed by atoms with E-state index in [-0.39, 0.29) is 12.1 Å². The summed E-state index contributed by atoms with van der Waals surface area (Å²) in [5.74, 6) is 0. The molecule has 0 spiro atoms. The van der Waals surface area contributed by atoms with Gasteiger partial charge in [-0.05, 0) is 38.0 Å². The zero-order chi connectivity index (χ0) is 14.3. The molecule has 1 aromatic heterocycles. The Kier molecular flexibility index (Phi) is 6.99. The van der Waals surface area contributed by atoms with Crippen molar-refractivity contribution < 1.29 is 4.74 Å². The van der Waals surface area contributed by atoms with Crippen molar-refractivity contribution in [2.45, 2.75) is 45.3 Å². The van der Waals surface area contributed by atoms with E-state index in [2.05, 4.69) is 42.8 Å². The second-order valence-corrected chi connectivity index (χ2v) is 5.07. The summed E-state index contributed by atoms with van der Waals surface area (Å²) in [6, 6.07) is 4.84. The van der Waals surface area contributed by atoms with Crippen molar-refractivity contribution in [3.63, 3.8) is 0 Å². The Labute approximate surface area is 117 Å². The fraction of sp³-hybridized carbons (Fsp3) is 0.667. The standard InChI is InChI=1S/C15H27N3O/c1-5-12(2)18(10-11-19-4)15(13(3)16)14-6-8-17-9-7-14/h6-9,12-13,15H,5,10-11,16H2,1-4H3. The average molecular weight is 265 g/mol. The SMILES string of the molecule is CCC(C)N(CCOC)C(c1ccncc1)C(C)N. The summed E-state index contributed by atoms with van der Waals surface area (Å²) in [4.78, 5) is 6.52. The maximum atomic E-state index is 6.23. The lowest BCUT2D eigenvalue weighted by atomic mass is 9.98. The van der Waals surface area contributed by atoms with Gasteiger partial charge in [-0.15, -0.1) is 0 Å². The number of methoxy groups -OCH3 is 1. The van der Waals surface area contributed by atoms with E-state index in [0.29, 0.717) is 6.04 Å². The molecule has 0 saturated heterocycles. The van der Waals surface area contributed by atoms with Crippen molar-refractivity contribution in [2.24, 2.45) is 5.73 Å². The van der Waals surface area contributed by atoms with Gasteiger partial charge in [0.15, 0.2) is 0 Å². The minimum absolute atomic E-state index is 0.0632. The maximum absolute atomic E-state index is 6.23. The first-order valence-electron chi connectivity index (χ1n) is 7.02. The first kappa shape index (κ1) is 16.1. The molecule has 0 fully saturated rings. The number of rotatable bonds is 8. The molecule has 3 unspecified atom stereocenters. The molecule has 2 N–H and O–H groups in total. The molecule has 1 rings (SSSR count). The molecule has 0 amide bonds. The Morgan fingerprint density at radius 3 is 2.42 bits per heavy atom. The molecule has 4 nitrogen and oxygen atoms in total. The van der Waals surface area contributed by atoms with Gasteiger partial charge >= 0.3 is 0 Å². The van der Waals surface area contributed by atoms with Crippen LogP contribution < -0.4 is 5.73 Å². The van der Waals surface area contributed by atoms with Crippen LogP contribution in [0.3, 0.4) is 0 Å². The van der Waals surface area contributed by atoms with Crippen molar-refractivity contribution in [2.75, 3.05) is 20.3 Å². The summed E-state index contributed by atoms with van der Waals surface area (Å²) in [7, 11) is 1.74. The molecule has 1 heterocycles. The number of hydrogen-bond acceptors (Lipinski definition) is 4. The van der Waals surface area contributed by atoms with Crippen molar-refractivity contribution in [3.05, 3.63) is 30.1 Å². The minimum atomic E-state index is 0.0632. The summed E-state index contributed by atoms with van der Waals surface area (Å²) in [5, 5.41) is 0. The van der Waals surface area contributed by atoms with Crippen LogP contribution in [0.15, 0.2) is 24.5 Å². The first-order chi connectivity index (χ1) is 9.11. The second kappa shape index (κ2) is 8.25. The predicted octanol–water partition coefficient (Wildman–Crippen LogP) is 2.22. The predicted molar refractivity (Wildman–Crippen MR) is 79.0 cm³/mol. The lowest BCUT2D eigenvalue weighted by Gasteiger charge is -2.38. The normalized spacial score (nSPS) is 16.3. The van der Waals surface area contributed by atoms with Gasteiger partial charge in [0, 0.05) is 38.1 Å². The third-order valence-electron chi connectivity index (χ3n) is 3.61. The number of pyridine rings is 1. The number of hydrogen-bond donors (Lipinski definition) is 1. The summed E-state index contributed by atoms with van der Waals surface area (Å²) >= 11 is 0. The lowest BCUT2D eigenvalue weighted by Crippen LogP contribution is -2.45. The van der Waals surface area contributed by atoms with Crippen molar-refractivity contribution in [1.82, 2.24) is 9.88 Å². The number of nitrogens with zero attached hydrogens (tertiary/aromatic N) is 2. The highest BCUT2D eigenvalue weighted by molar-refractivity contribution is 5.17. The van der Waals surface area contributed by atoms with Crippen LogP contribution in [0.1, 0.15) is 38.8 Å². The van der Waals surface area contributed by atoms with Crippen LogP contribution in [0.4, 0.5) is 0 Å².